The number of anilines is 1. The van der Waals surface area contributed by atoms with Crippen molar-refractivity contribution in [2.75, 3.05) is 37.6 Å². The topological polar surface area (TPSA) is 48.5 Å². The molecule has 0 aromatic carbocycles. The van der Waals surface area contributed by atoms with E-state index in [1.54, 1.807) is 11.3 Å². The molecule has 2 aliphatic rings. The zero-order chi connectivity index (χ0) is 12.4. The van der Waals surface area contributed by atoms with E-state index in [0.717, 1.165) is 43.8 Å². The molecule has 2 heterocycles. The second-order valence-electron chi connectivity index (χ2n) is 4.92. The summed E-state index contributed by atoms with van der Waals surface area (Å²) < 4.78 is 0. The van der Waals surface area contributed by atoms with Crippen LogP contribution in [0.5, 0.6) is 0 Å². The van der Waals surface area contributed by atoms with Gasteiger partial charge in [-0.3, -0.25) is 0 Å². The number of rotatable bonds is 3. The van der Waals surface area contributed by atoms with Crippen LogP contribution in [0.25, 0.3) is 0 Å². The van der Waals surface area contributed by atoms with Gasteiger partial charge in [0.1, 0.15) is 0 Å². The minimum atomic E-state index is 0.0979. The van der Waals surface area contributed by atoms with Crippen LogP contribution in [0.1, 0.15) is 12.8 Å². The number of hydrogen-bond acceptors (Lipinski definition) is 4. The van der Waals surface area contributed by atoms with Crippen molar-refractivity contribution in [1.29, 1.82) is 0 Å². The number of nitrogens with zero attached hydrogens (tertiary/aromatic N) is 3. The largest absolute Gasteiger partial charge is 0.345 e. The van der Waals surface area contributed by atoms with Crippen molar-refractivity contribution in [3.05, 3.63) is 11.6 Å². The average Bonchev–Trinajstić information content (AvgIpc) is 3.08. The molecule has 1 aromatic heterocycles. The average molecular weight is 266 g/mol. The lowest BCUT2D eigenvalue weighted by atomic mass is 10.3. The molecule has 1 N–H and O–H groups in total. The fraction of sp³-hybridized carbons (Fsp3) is 0.667. The lowest BCUT2D eigenvalue weighted by Gasteiger charge is -2.34. The lowest BCUT2D eigenvalue weighted by molar-refractivity contribution is 0.194. The molecule has 98 valence electrons. The summed E-state index contributed by atoms with van der Waals surface area (Å²) in [6.07, 6.45) is 4.38. The summed E-state index contributed by atoms with van der Waals surface area (Å²) in [6.45, 7) is 4.19. The van der Waals surface area contributed by atoms with Gasteiger partial charge < -0.3 is 15.1 Å². The van der Waals surface area contributed by atoms with E-state index in [1.165, 1.54) is 12.8 Å². The number of carbonyl (C=O) groups is 1. The molecule has 1 aliphatic heterocycles. The van der Waals surface area contributed by atoms with Gasteiger partial charge in [-0.1, -0.05) is 0 Å². The normalized spacial score (nSPS) is 20.0. The number of piperazine rings is 1. The molecule has 2 fully saturated rings. The van der Waals surface area contributed by atoms with Gasteiger partial charge in [-0.05, 0) is 18.8 Å². The Morgan fingerprint density at radius 2 is 2.17 bits per heavy atom. The first kappa shape index (κ1) is 11.8. The smallest absolute Gasteiger partial charge is 0.317 e. The Balaban J connectivity index is 1.45. The Bertz CT molecular complexity index is 396. The molecule has 0 bridgehead atoms. The molecule has 0 atom stereocenters. The van der Waals surface area contributed by atoms with Crippen LogP contribution >= 0.6 is 11.3 Å². The fourth-order valence-corrected chi connectivity index (χ4v) is 2.84. The van der Waals surface area contributed by atoms with E-state index in [0.29, 0.717) is 0 Å². The first-order chi connectivity index (χ1) is 8.83. The SMILES string of the molecule is O=C(NCC1CC1)N1CCN(c2nccs2)CC1. The van der Waals surface area contributed by atoms with Gasteiger partial charge in [0.2, 0.25) is 0 Å². The predicted molar refractivity (Wildman–Crippen MR) is 72.0 cm³/mol. The van der Waals surface area contributed by atoms with Crippen molar-refractivity contribution in [2.24, 2.45) is 5.92 Å². The zero-order valence-electron chi connectivity index (χ0n) is 10.3. The molecule has 5 nitrogen and oxygen atoms in total. The van der Waals surface area contributed by atoms with Crippen LogP contribution in [0.15, 0.2) is 11.6 Å². The zero-order valence-corrected chi connectivity index (χ0v) is 11.2. The molecule has 1 aromatic rings. The van der Waals surface area contributed by atoms with Crippen molar-refractivity contribution < 1.29 is 4.79 Å². The van der Waals surface area contributed by atoms with Crippen LogP contribution < -0.4 is 10.2 Å². The molecule has 0 radical (unpaired) electrons. The maximum Gasteiger partial charge on any atom is 0.317 e. The summed E-state index contributed by atoms with van der Waals surface area (Å²) in [6, 6.07) is 0.0979. The molecule has 3 rings (SSSR count). The number of amides is 2. The highest BCUT2D eigenvalue weighted by atomic mass is 32.1. The maximum absolute atomic E-state index is 11.9. The first-order valence-corrected chi connectivity index (χ1v) is 7.38. The summed E-state index contributed by atoms with van der Waals surface area (Å²) in [4.78, 5) is 20.4. The number of hydrogen-bond donors (Lipinski definition) is 1. The van der Waals surface area contributed by atoms with E-state index in [9.17, 15) is 4.79 Å². The van der Waals surface area contributed by atoms with Gasteiger partial charge >= 0.3 is 6.03 Å². The Morgan fingerprint density at radius 3 is 2.78 bits per heavy atom. The van der Waals surface area contributed by atoms with Crippen molar-refractivity contribution in [3.63, 3.8) is 0 Å². The highest BCUT2D eigenvalue weighted by Gasteiger charge is 2.25. The molecule has 1 aliphatic carbocycles. The molecular weight excluding hydrogens is 248 g/mol. The van der Waals surface area contributed by atoms with Crippen LogP contribution in [0, 0.1) is 5.92 Å². The molecule has 1 saturated carbocycles. The molecule has 18 heavy (non-hydrogen) atoms. The van der Waals surface area contributed by atoms with Crippen LogP contribution in [0.3, 0.4) is 0 Å². The first-order valence-electron chi connectivity index (χ1n) is 6.50. The van der Waals surface area contributed by atoms with Gasteiger partial charge in [0.25, 0.3) is 0 Å². The Hall–Kier alpha value is -1.30. The van der Waals surface area contributed by atoms with Crippen LogP contribution in [0.4, 0.5) is 9.93 Å². The van der Waals surface area contributed by atoms with Crippen molar-refractivity contribution in [1.82, 2.24) is 15.2 Å². The monoisotopic (exact) mass is 266 g/mol. The number of aromatic nitrogens is 1. The third-order valence-electron chi connectivity index (χ3n) is 3.50. The molecular formula is C12H18N4OS. The summed E-state index contributed by atoms with van der Waals surface area (Å²) in [7, 11) is 0. The number of thiazole rings is 1. The molecule has 6 heteroatoms. The highest BCUT2D eigenvalue weighted by Crippen LogP contribution is 2.27. The second-order valence-corrected chi connectivity index (χ2v) is 5.79. The summed E-state index contributed by atoms with van der Waals surface area (Å²) in [5.74, 6) is 0.741. The van der Waals surface area contributed by atoms with Gasteiger partial charge in [-0.2, -0.15) is 0 Å². The predicted octanol–water partition coefficient (Wildman–Crippen LogP) is 1.38. The third kappa shape index (κ3) is 2.75. The van der Waals surface area contributed by atoms with Crippen LogP contribution in [-0.2, 0) is 0 Å². The summed E-state index contributed by atoms with van der Waals surface area (Å²) in [5, 5.41) is 6.07. The van der Waals surface area contributed by atoms with E-state index in [4.69, 9.17) is 0 Å². The Labute approximate surface area is 111 Å². The van der Waals surface area contributed by atoms with Gasteiger partial charge in [0.05, 0.1) is 0 Å². The summed E-state index contributed by atoms with van der Waals surface area (Å²) >= 11 is 1.66. The number of urea groups is 1. The van der Waals surface area contributed by atoms with Crippen LogP contribution in [-0.4, -0.2) is 48.6 Å². The Morgan fingerprint density at radius 1 is 1.39 bits per heavy atom. The minimum absolute atomic E-state index is 0.0979. The second kappa shape index (κ2) is 5.14. The molecule has 2 amide bonds. The molecule has 0 unspecified atom stereocenters. The van der Waals surface area contributed by atoms with E-state index < -0.39 is 0 Å². The highest BCUT2D eigenvalue weighted by molar-refractivity contribution is 7.13. The van der Waals surface area contributed by atoms with Crippen molar-refractivity contribution in [3.8, 4) is 0 Å². The van der Waals surface area contributed by atoms with Crippen molar-refractivity contribution >= 4 is 22.5 Å². The van der Waals surface area contributed by atoms with Gasteiger partial charge in [-0.25, -0.2) is 9.78 Å². The molecule has 0 spiro atoms. The van der Waals surface area contributed by atoms with E-state index >= 15 is 0 Å². The van der Waals surface area contributed by atoms with E-state index in [1.807, 2.05) is 16.5 Å². The summed E-state index contributed by atoms with van der Waals surface area (Å²) in [5.41, 5.74) is 0. The number of nitrogens with one attached hydrogen (secondary N) is 1. The number of carbonyl (C=O) groups excluding carboxylic acids is 1. The van der Waals surface area contributed by atoms with Crippen molar-refractivity contribution in [2.45, 2.75) is 12.8 Å². The van der Waals surface area contributed by atoms with Gasteiger partial charge in [-0.15, -0.1) is 11.3 Å². The third-order valence-corrected chi connectivity index (χ3v) is 4.33. The van der Waals surface area contributed by atoms with Crippen LogP contribution in [0.2, 0.25) is 0 Å². The van der Waals surface area contributed by atoms with Gasteiger partial charge in [0, 0.05) is 44.3 Å². The van der Waals surface area contributed by atoms with E-state index in [2.05, 4.69) is 15.2 Å². The minimum Gasteiger partial charge on any atom is -0.345 e. The Kier molecular flexibility index (Phi) is 3.36. The van der Waals surface area contributed by atoms with Gasteiger partial charge in [0.15, 0.2) is 5.13 Å². The van der Waals surface area contributed by atoms with E-state index in [-0.39, 0.29) is 6.03 Å². The standard InChI is InChI=1S/C12H18N4OS/c17-11(14-9-10-1-2-10)15-4-6-16(7-5-15)12-13-3-8-18-12/h3,8,10H,1-2,4-7,9H2,(H,14,17). The lowest BCUT2D eigenvalue weighted by Crippen LogP contribution is -2.52. The fourth-order valence-electron chi connectivity index (χ4n) is 2.14. The molecule has 1 saturated heterocycles. The quantitative estimate of drug-likeness (QED) is 0.899. The maximum atomic E-state index is 11.9.